The number of likely N-dealkylation sites (N-methyl/N-ethyl adjacent to an activating group) is 1. The number of nitrogens with two attached hydrogens (primary N) is 1. The predicted molar refractivity (Wildman–Crippen MR) is 190 cm³/mol. The van der Waals surface area contributed by atoms with E-state index < -0.39 is 47.1 Å². The number of hydrogen-bond donors (Lipinski definition) is 7. The molecule has 1 aromatic carbocycles. The second-order valence-electron chi connectivity index (χ2n) is 14.7. The van der Waals surface area contributed by atoms with Gasteiger partial charge in [-0.3, -0.25) is 19.8 Å². The first-order valence-electron chi connectivity index (χ1n) is 18.2. The Bertz CT molecular complexity index is 1640. The molecular weight excluding hydrogens is 672 g/mol. The molecule has 1 spiro atoms. The Morgan fingerprint density at radius 2 is 1.94 bits per heavy atom. The smallest absolute Gasteiger partial charge is 0.415 e. The zero-order valence-electron chi connectivity index (χ0n) is 30.4. The number of likely N-dealkylation sites (tertiary alicyclic amines) is 2. The summed E-state index contributed by atoms with van der Waals surface area (Å²) in [4.78, 5) is 55.7. The number of ether oxygens (including phenoxy) is 3. The summed E-state index contributed by atoms with van der Waals surface area (Å²) in [5, 5.41) is 30.7. The van der Waals surface area contributed by atoms with E-state index in [2.05, 4.69) is 32.2 Å². The van der Waals surface area contributed by atoms with E-state index in [1.807, 2.05) is 13.1 Å². The van der Waals surface area contributed by atoms with Crippen LogP contribution in [-0.2, 0) is 31.0 Å². The first kappa shape index (κ1) is 37.2. The summed E-state index contributed by atoms with van der Waals surface area (Å²) in [7, 11) is 3.63. The summed E-state index contributed by atoms with van der Waals surface area (Å²) in [6.45, 7) is 4.48. The summed E-state index contributed by atoms with van der Waals surface area (Å²) in [6, 6.07) is 1.67. The number of carbonyl (C=O) groups excluding carboxylic acids is 4. The van der Waals surface area contributed by atoms with Crippen LogP contribution in [0.1, 0.15) is 69.9 Å². The molecule has 1 aromatic rings. The Balaban J connectivity index is 1.16. The van der Waals surface area contributed by atoms with Crippen LogP contribution in [0.5, 0.6) is 11.5 Å². The molecule has 0 saturated carbocycles. The first-order valence-corrected chi connectivity index (χ1v) is 18.2. The average molecular weight is 725 g/mol. The number of aliphatic hydroxyl groups is 1. The van der Waals surface area contributed by atoms with Gasteiger partial charge in [0, 0.05) is 44.6 Å². The van der Waals surface area contributed by atoms with Gasteiger partial charge in [0.1, 0.15) is 17.8 Å². The van der Waals surface area contributed by atoms with E-state index in [0.717, 1.165) is 30.5 Å². The lowest BCUT2D eigenvalue weighted by Crippen LogP contribution is -2.74. The average Bonchev–Trinajstić information content (AvgIpc) is 3.47. The van der Waals surface area contributed by atoms with Crippen LogP contribution in [-0.4, -0.2) is 121 Å². The van der Waals surface area contributed by atoms with E-state index in [9.17, 15) is 24.3 Å². The molecule has 16 nitrogen and oxygen atoms in total. The molecule has 5 aliphatic rings. The molecule has 0 unspecified atom stereocenters. The minimum atomic E-state index is -1.13. The number of carbonyl (C=O) groups is 4. The Kier molecular flexibility index (Phi) is 10.6. The number of benzene rings is 1. The zero-order valence-corrected chi connectivity index (χ0v) is 30.4. The van der Waals surface area contributed by atoms with Crippen molar-refractivity contribution in [2.75, 3.05) is 40.3 Å². The van der Waals surface area contributed by atoms with Crippen molar-refractivity contribution >= 4 is 29.8 Å². The standard InChI is InChI=1S/C36H52N8O8/c1-20(41-21(2)45)31(46)42-24(9-7-15-39-33(37)38)32(47)40-19-23-8-5-6-16-44(23)34(48)51-26-12-13-36(49)27-18-22-10-11-25(50-4)29-28(22)35(36,30(26)52-29)14-17-43(27)3/h10-12,20,23-24,27,30,49H,5-9,13-19H2,1-4H3,(H,40,47)(H,41,45)(H,42,46)(H4,37,38,39)/t20-,23-,24-,27+,30-,35-,36+/m0/s1. The zero-order chi connectivity index (χ0) is 37.4. The van der Waals surface area contributed by atoms with Crippen LogP contribution >= 0.6 is 0 Å². The van der Waals surface area contributed by atoms with Gasteiger partial charge >= 0.3 is 6.09 Å². The number of piperidine rings is 2. The van der Waals surface area contributed by atoms with Crippen molar-refractivity contribution in [2.24, 2.45) is 5.73 Å². The van der Waals surface area contributed by atoms with Crippen molar-refractivity contribution in [3.63, 3.8) is 0 Å². The van der Waals surface area contributed by atoms with Gasteiger partial charge in [0.15, 0.2) is 23.6 Å². The van der Waals surface area contributed by atoms with Crippen molar-refractivity contribution in [1.29, 1.82) is 5.41 Å². The van der Waals surface area contributed by atoms with Crippen LogP contribution in [0.2, 0.25) is 0 Å². The van der Waals surface area contributed by atoms with Gasteiger partial charge < -0.3 is 56.1 Å². The Hall–Kier alpha value is -4.57. The van der Waals surface area contributed by atoms with Crippen molar-refractivity contribution in [1.82, 2.24) is 31.1 Å². The number of guanidine groups is 1. The summed E-state index contributed by atoms with van der Waals surface area (Å²) in [5.74, 6) is 0.0197. The molecule has 3 aliphatic heterocycles. The highest BCUT2D eigenvalue weighted by atomic mass is 16.6. The lowest BCUT2D eigenvalue weighted by molar-refractivity contribution is -0.163. The SMILES string of the molecule is COc1ccc2c3c1O[C@H]1C(OC(=O)N4CCCC[C@H]4CNC(=O)[C@H](CCCNC(=N)N)NC(=O)[C@H](C)NC(C)=O)=CC[C@@]4(O)[C@@H](C2)N(C)CC[C@]314. The Labute approximate surface area is 303 Å². The fraction of sp³-hybridized carbons (Fsp3) is 0.639. The molecule has 4 amide bonds. The van der Waals surface area contributed by atoms with E-state index in [-0.39, 0.29) is 36.9 Å². The van der Waals surface area contributed by atoms with Gasteiger partial charge in [0.25, 0.3) is 0 Å². The molecule has 2 saturated heterocycles. The lowest BCUT2D eigenvalue weighted by Gasteiger charge is -2.61. The van der Waals surface area contributed by atoms with Crippen molar-refractivity contribution < 1.29 is 38.5 Å². The number of nitrogens with zero attached hydrogens (tertiary/aromatic N) is 2. The quantitative estimate of drug-likeness (QED) is 0.0886. The van der Waals surface area contributed by atoms with Crippen molar-refractivity contribution in [3.05, 3.63) is 35.1 Å². The Morgan fingerprint density at radius 3 is 2.67 bits per heavy atom. The third-order valence-corrected chi connectivity index (χ3v) is 11.6. The fourth-order valence-electron chi connectivity index (χ4n) is 9.01. The minimum absolute atomic E-state index is 0.129. The van der Waals surface area contributed by atoms with E-state index in [1.165, 1.54) is 13.8 Å². The molecule has 2 fully saturated rings. The van der Waals surface area contributed by atoms with Crippen LogP contribution in [0, 0.1) is 5.41 Å². The topological polar surface area (TPSA) is 221 Å². The molecule has 0 aromatic heterocycles. The third-order valence-electron chi connectivity index (χ3n) is 11.6. The largest absolute Gasteiger partial charge is 0.493 e. The maximum atomic E-state index is 14.0. The lowest BCUT2D eigenvalue weighted by atomic mass is 9.50. The number of amides is 4. The monoisotopic (exact) mass is 724 g/mol. The molecule has 3 heterocycles. The maximum absolute atomic E-state index is 14.0. The number of rotatable bonds is 12. The summed E-state index contributed by atoms with van der Waals surface area (Å²) < 4.78 is 18.6. The first-order chi connectivity index (χ1) is 24.8. The summed E-state index contributed by atoms with van der Waals surface area (Å²) >= 11 is 0. The molecule has 2 aliphatic carbocycles. The van der Waals surface area contributed by atoms with Gasteiger partial charge in [0.2, 0.25) is 17.7 Å². The molecule has 284 valence electrons. The molecular formula is C36H52N8O8. The minimum Gasteiger partial charge on any atom is -0.493 e. The van der Waals surface area contributed by atoms with Gasteiger partial charge in [-0.15, -0.1) is 0 Å². The molecule has 52 heavy (non-hydrogen) atoms. The van der Waals surface area contributed by atoms with Crippen LogP contribution in [0.4, 0.5) is 4.79 Å². The summed E-state index contributed by atoms with van der Waals surface area (Å²) in [5.41, 5.74) is 5.50. The second-order valence-corrected chi connectivity index (χ2v) is 14.7. The highest BCUT2D eigenvalue weighted by Crippen LogP contribution is 2.65. The predicted octanol–water partition coefficient (Wildman–Crippen LogP) is 0.353. The normalized spacial score (nSPS) is 28.2. The van der Waals surface area contributed by atoms with Gasteiger partial charge in [-0.05, 0) is 83.2 Å². The highest BCUT2D eigenvalue weighted by molar-refractivity contribution is 5.91. The highest BCUT2D eigenvalue weighted by Gasteiger charge is 2.72. The maximum Gasteiger partial charge on any atom is 0.415 e. The number of hydrogen-bond acceptors (Lipinski definition) is 10. The Morgan fingerprint density at radius 1 is 1.15 bits per heavy atom. The van der Waals surface area contributed by atoms with Crippen LogP contribution in [0.3, 0.4) is 0 Å². The van der Waals surface area contributed by atoms with Crippen LogP contribution in [0.25, 0.3) is 0 Å². The van der Waals surface area contributed by atoms with Crippen molar-refractivity contribution in [3.8, 4) is 11.5 Å². The molecule has 7 atom stereocenters. The van der Waals surface area contributed by atoms with Crippen LogP contribution < -0.4 is 36.5 Å². The molecule has 6 rings (SSSR count). The fourth-order valence-corrected chi connectivity index (χ4v) is 9.01. The van der Waals surface area contributed by atoms with E-state index in [4.69, 9.17) is 25.4 Å². The molecule has 8 N–H and O–H groups in total. The second kappa shape index (κ2) is 14.8. The van der Waals surface area contributed by atoms with Gasteiger partial charge in [-0.25, -0.2) is 4.79 Å². The third kappa shape index (κ3) is 6.62. The molecule has 0 radical (unpaired) electrons. The molecule has 16 heteroatoms. The van der Waals surface area contributed by atoms with E-state index in [1.54, 1.807) is 18.1 Å². The molecule has 2 bridgehead atoms. The van der Waals surface area contributed by atoms with E-state index >= 15 is 0 Å². The van der Waals surface area contributed by atoms with Gasteiger partial charge in [-0.1, -0.05) is 6.07 Å². The van der Waals surface area contributed by atoms with Crippen molar-refractivity contribution in [2.45, 2.75) is 107 Å². The van der Waals surface area contributed by atoms with Crippen LogP contribution in [0.15, 0.2) is 24.0 Å². The number of nitrogens with one attached hydrogen (secondary N) is 5. The summed E-state index contributed by atoms with van der Waals surface area (Å²) in [6.07, 6.45) is 5.06. The van der Waals surface area contributed by atoms with Gasteiger partial charge in [-0.2, -0.15) is 0 Å². The van der Waals surface area contributed by atoms with E-state index in [0.29, 0.717) is 62.5 Å². The number of methoxy groups -OCH3 is 1. The van der Waals surface area contributed by atoms with Gasteiger partial charge in [0.05, 0.1) is 24.2 Å².